The fourth-order valence-corrected chi connectivity index (χ4v) is 6.80. The zero-order chi connectivity index (χ0) is 26.4. The van der Waals surface area contributed by atoms with Crippen LogP contribution >= 0.6 is 0 Å². The Morgan fingerprint density at radius 2 is 1.24 bits per heavy atom. The molecule has 7 rings (SSSR count). The average molecular weight is 494 g/mol. The van der Waals surface area contributed by atoms with Crippen LogP contribution < -0.4 is 0 Å². The van der Waals surface area contributed by atoms with Crippen LogP contribution in [-0.2, 0) is 12.8 Å². The van der Waals surface area contributed by atoms with Crippen molar-refractivity contribution < 1.29 is 0 Å². The first-order valence-electron chi connectivity index (χ1n) is 13.9. The molecule has 0 aliphatic carbocycles. The number of hydrogen-bond donors (Lipinski definition) is 0. The van der Waals surface area contributed by atoms with Crippen LogP contribution in [0.1, 0.15) is 52.7 Å². The molecule has 0 unspecified atom stereocenters. The normalized spacial score (nSPS) is 13.2. The molecule has 6 aromatic carbocycles. The van der Waals surface area contributed by atoms with E-state index in [2.05, 4.69) is 114 Å². The fourth-order valence-electron chi connectivity index (χ4n) is 6.80. The number of hydrogen-bond acceptors (Lipinski definition) is 1. The van der Waals surface area contributed by atoms with Crippen molar-refractivity contribution in [1.82, 2.24) is 4.98 Å². The lowest BCUT2D eigenvalue weighted by molar-refractivity contribution is 0.411. The lowest BCUT2D eigenvalue weighted by Crippen LogP contribution is -2.10. The van der Waals surface area contributed by atoms with Gasteiger partial charge in [0, 0.05) is 22.4 Å². The lowest BCUT2D eigenvalue weighted by atomic mass is 9.80. The van der Waals surface area contributed by atoms with Crippen LogP contribution in [0.5, 0.6) is 0 Å². The van der Waals surface area contributed by atoms with Gasteiger partial charge < -0.3 is 0 Å². The van der Waals surface area contributed by atoms with Crippen molar-refractivity contribution >= 4 is 64.8 Å². The second-order valence-corrected chi connectivity index (χ2v) is 13.7. The van der Waals surface area contributed by atoms with Crippen molar-refractivity contribution in [2.45, 2.75) is 54.4 Å². The molecule has 188 valence electrons. The molecule has 0 aliphatic heterocycles. The highest BCUT2D eigenvalue weighted by molar-refractivity contribution is 6.40. The van der Waals surface area contributed by atoms with Gasteiger partial charge in [0.25, 0.3) is 0 Å². The van der Waals surface area contributed by atoms with Gasteiger partial charge in [-0.3, -0.25) is 4.98 Å². The molecule has 0 fully saturated rings. The molecule has 0 aliphatic rings. The van der Waals surface area contributed by atoms with Gasteiger partial charge in [-0.05, 0) is 90.0 Å². The summed E-state index contributed by atoms with van der Waals surface area (Å²) in [6, 6.07) is 27.6. The summed E-state index contributed by atoms with van der Waals surface area (Å²) < 4.78 is 0. The van der Waals surface area contributed by atoms with Gasteiger partial charge in [0.05, 0.1) is 5.52 Å². The summed E-state index contributed by atoms with van der Waals surface area (Å²) >= 11 is 0. The Kier molecular flexibility index (Phi) is 4.87. The number of nitrogens with zero attached hydrogens (tertiary/aromatic N) is 1. The summed E-state index contributed by atoms with van der Waals surface area (Å²) in [5.74, 6) is 0. The first-order valence-corrected chi connectivity index (χ1v) is 13.9. The van der Waals surface area contributed by atoms with Crippen molar-refractivity contribution in [1.29, 1.82) is 0 Å². The van der Waals surface area contributed by atoms with Gasteiger partial charge in [-0.2, -0.15) is 0 Å². The molecule has 0 saturated heterocycles. The van der Waals surface area contributed by atoms with Crippen molar-refractivity contribution in [2.24, 2.45) is 10.8 Å². The van der Waals surface area contributed by atoms with Gasteiger partial charge in [-0.25, -0.2) is 0 Å². The molecular formula is C37H35N. The summed E-state index contributed by atoms with van der Waals surface area (Å²) in [5.41, 5.74) is 4.39. The van der Waals surface area contributed by atoms with Crippen LogP contribution in [0.4, 0.5) is 0 Å². The predicted molar refractivity (Wildman–Crippen MR) is 167 cm³/mol. The standard InChI is InChI=1S/C37H35N/c1-36(2,3)20-22-14-15-25-27-16-17-38-35-30-19-23-10-7-8-11-24(23)31(21-37(4,5)6)32(30)28-13-9-12-26(29(25)18-22)33(28)34(27)35/h7-19H,20-21H2,1-6H3. The van der Waals surface area contributed by atoms with Crippen molar-refractivity contribution in [3.8, 4) is 0 Å². The third kappa shape index (κ3) is 3.56. The zero-order valence-electron chi connectivity index (χ0n) is 23.4. The van der Waals surface area contributed by atoms with E-state index >= 15 is 0 Å². The van der Waals surface area contributed by atoms with E-state index < -0.39 is 0 Å². The molecule has 0 atom stereocenters. The summed E-state index contributed by atoms with van der Waals surface area (Å²) in [5, 5.41) is 14.7. The summed E-state index contributed by atoms with van der Waals surface area (Å²) in [6.45, 7) is 14.0. The van der Waals surface area contributed by atoms with E-state index in [0.717, 1.165) is 18.4 Å². The molecule has 0 amide bonds. The molecule has 0 saturated carbocycles. The largest absolute Gasteiger partial charge is 0.256 e. The SMILES string of the molecule is CC(C)(C)Cc1ccc2c(c1)c1cccc3c4c(CC(C)(C)C)c5ccccc5cc4c4nccc2c4c13. The van der Waals surface area contributed by atoms with Crippen LogP contribution in [0.15, 0.2) is 79.0 Å². The fraction of sp³-hybridized carbons (Fsp3) is 0.270. The van der Waals surface area contributed by atoms with Crippen LogP contribution in [0, 0.1) is 10.8 Å². The molecule has 0 bridgehead atoms. The maximum Gasteiger partial charge on any atom is 0.0793 e. The summed E-state index contributed by atoms with van der Waals surface area (Å²) in [7, 11) is 0. The third-order valence-electron chi connectivity index (χ3n) is 8.05. The summed E-state index contributed by atoms with van der Waals surface area (Å²) in [4.78, 5) is 5.08. The number of pyridine rings is 1. The zero-order valence-corrected chi connectivity index (χ0v) is 23.4. The Labute approximate surface area is 224 Å². The van der Waals surface area contributed by atoms with E-state index in [4.69, 9.17) is 4.98 Å². The minimum Gasteiger partial charge on any atom is -0.256 e. The molecule has 7 aromatic rings. The molecule has 1 heteroatoms. The van der Waals surface area contributed by atoms with Crippen LogP contribution in [0.25, 0.3) is 64.8 Å². The maximum absolute atomic E-state index is 5.08. The number of fused-ring (bicyclic) bond motifs is 7. The first kappa shape index (κ1) is 23.4. The van der Waals surface area contributed by atoms with E-state index in [9.17, 15) is 0 Å². The average Bonchev–Trinajstić information content (AvgIpc) is 2.86. The quantitative estimate of drug-likeness (QED) is 0.172. The Balaban J connectivity index is 1.74. The molecule has 1 aromatic heterocycles. The second kappa shape index (κ2) is 7.90. The monoisotopic (exact) mass is 493 g/mol. The van der Waals surface area contributed by atoms with Crippen molar-refractivity contribution in [3.63, 3.8) is 0 Å². The second-order valence-electron chi connectivity index (χ2n) is 13.7. The van der Waals surface area contributed by atoms with Crippen LogP contribution in [0.3, 0.4) is 0 Å². The van der Waals surface area contributed by atoms with Gasteiger partial charge in [0.1, 0.15) is 0 Å². The van der Waals surface area contributed by atoms with E-state index in [1.165, 1.54) is 70.4 Å². The number of benzene rings is 6. The Hall–Kier alpha value is -3.71. The molecule has 0 spiro atoms. The van der Waals surface area contributed by atoms with E-state index in [0.29, 0.717) is 0 Å². The van der Waals surface area contributed by atoms with Gasteiger partial charge >= 0.3 is 0 Å². The van der Waals surface area contributed by atoms with Gasteiger partial charge in [0.2, 0.25) is 0 Å². The molecule has 1 heterocycles. The van der Waals surface area contributed by atoms with Crippen molar-refractivity contribution in [3.05, 3.63) is 90.1 Å². The molecule has 38 heavy (non-hydrogen) atoms. The Bertz CT molecular complexity index is 2030. The van der Waals surface area contributed by atoms with Gasteiger partial charge in [0.15, 0.2) is 0 Å². The molecule has 0 radical (unpaired) electrons. The third-order valence-corrected chi connectivity index (χ3v) is 8.05. The predicted octanol–water partition coefficient (Wildman–Crippen LogP) is 10.6. The van der Waals surface area contributed by atoms with Crippen LogP contribution in [0.2, 0.25) is 0 Å². The molecule has 0 N–H and O–H groups in total. The highest BCUT2D eigenvalue weighted by Crippen LogP contribution is 2.47. The molecule has 1 nitrogen and oxygen atoms in total. The van der Waals surface area contributed by atoms with E-state index in [1.807, 2.05) is 6.20 Å². The minimum absolute atomic E-state index is 0.163. The highest BCUT2D eigenvalue weighted by atomic mass is 14.7. The number of rotatable bonds is 2. The topological polar surface area (TPSA) is 12.9 Å². The van der Waals surface area contributed by atoms with Gasteiger partial charge in [-0.15, -0.1) is 0 Å². The van der Waals surface area contributed by atoms with E-state index in [1.54, 1.807) is 0 Å². The number of aromatic nitrogens is 1. The summed E-state index contributed by atoms with van der Waals surface area (Å²) in [6.07, 6.45) is 4.10. The Morgan fingerprint density at radius 1 is 0.526 bits per heavy atom. The minimum atomic E-state index is 0.163. The van der Waals surface area contributed by atoms with E-state index in [-0.39, 0.29) is 10.8 Å². The molecular weight excluding hydrogens is 458 g/mol. The highest BCUT2D eigenvalue weighted by Gasteiger charge is 2.23. The van der Waals surface area contributed by atoms with Crippen LogP contribution in [-0.4, -0.2) is 4.98 Å². The maximum atomic E-state index is 5.08. The smallest absolute Gasteiger partial charge is 0.0793 e. The van der Waals surface area contributed by atoms with Crippen molar-refractivity contribution in [2.75, 3.05) is 0 Å². The first-order chi connectivity index (χ1) is 18.1. The Morgan fingerprint density at radius 3 is 2.03 bits per heavy atom. The lowest BCUT2D eigenvalue weighted by Gasteiger charge is -2.24. The van der Waals surface area contributed by atoms with Gasteiger partial charge in [-0.1, -0.05) is 102 Å².